The first-order valence-corrected chi connectivity index (χ1v) is 7.24. The number of halogens is 3. The molecule has 128 valence electrons. The van der Waals surface area contributed by atoms with Crippen LogP contribution in [0.4, 0.5) is 18.9 Å². The van der Waals surface area contributed by atoms with E-state index in [1.54, 1.807) is 6.07 Å². The van der Waals surface area contributed by atoms with Gasteiger partial charge in [0.05, 0.1) is 13.0 Å². The molecule has 0 unspecified atom stereocenters. The Morgan fingerprint density at radius 2 is 2.00 bits per heavy atom. The minimum atomic E-state index is -4.23. The fourth-order valence-electron chi connectivity index (χ4n) is 1.78. The second-order valence-corrected chi connectivity index (χ2v) is 4.82. The molecule has 8 heteroatoms. The van der Waals surface area contributed by atoms with E-state index in [-0.39, 0.29) is 25.0 Å². The highest BCUT2D eigenvalue weighted by atomic mass is 19.4. The highest BCUT2D eigenvalue weighted by molar-refractivity contribution is 5.95. The Morgan fingerprint density at radius 3 is 2.61 bits per heavy atom. The van der Waals surface area contributed by atoms with Crippen LogP contribution in [0.1, 0.15) is 18.9 Å². The van der Waals surface area contributed by atoms with Crippen LogP contribution >= 0.6 is 0 Å². The second-order valence-electron chi connectivity index (χ2n) is 4.82. The molecule has 1 amide bonds. The van der Waals surface area contributed by atoms with E-state index in [4.69, 9.17) is 0 Å². The largest absolute Gasteiger partial charge is 0.390 e. The third-order valence-corrected chi connectivity index (χ3v) is 2.96. The summed E-state index contributed by atoms with van der Waals surface area (Å²) in [5.74, 6) is -0.163. The summed E-state index contributed by atoms with van der Waals surface area (Å²) in [6, 6.07) is 7.45. The van der Waals surface area contributed by atoms with Crippen molar-refractivity contribution in [2.75, 3.05) is 25.5 Å². The first-order valence-electron chi connectivity index (χ1n) is 7.24. The van der Waals surface area contributed by atoms with Crippen LogP contribution in [0.15, 0.2) is 29.3 Å². The van der Waals surface area contributed by atoms with E-state index in [0.29, 0.717) is 5.69 Å². The summed E-state index contributed by atoms with van der Waals surface area (Å²) >= 11 is 0. The number of amides is 1. The van der Waals surface area contributed by atoms with Crippen LogP contribution < -0.4 is 16.0 Å². The lowest BCUT2D eigenvalue weighted by Gasteiger charge is -2.13. The number of rotatable bonds is 6. The average Bonchev–Trinajstić information content (AvgIpc) is 2.49. The lowest BCUT2D eigenvalue weighted by molar-refractivity contribution is -0.132. The number of carbonyl (C=O) groups excluding carboxylic acids is 1. The number of hydrogen-bond donors (Lipinski definition) is 3. The van der Waals surface area contributed by atoms with Gasteiger partial charge in [0.15, 0.2) is 5.96 Å². The van der Waals surface area contributed by atoms with Gasteiger partial charge in [0.2, 0.25) is 5.91 Å². The Kier molecular flexibility index (Phi) is 7.37. The highest BCUT2D eigenvalue weighted by Gasteiger charge is 2.26. The Balaban J connectivity index is 2.38. The van der Waals surface area contributed by atoms with E-state index in [0.717, 1.165) is 12.0 Å². The van der Waals surface area contributed by atoms with Crippen LogP contribution in [0.25, 0.3) is 0 Å². The first kappa shape index (κ1) is 18.8. The van der Waals surface area contributed by atoms with E-state index >= 15 is 0 Å². The molecule has 0 radical (unpaired) electrons. The maximum absolute atomic E-state index is 12.1. The van der Waals surface area contributed by atoms with Gasteiger partial charge in [-0.3, -0.25) is 9.79 Å². The first-order chi connectivity index (χ1) is 10.8. The molecule has 0 bridgehead atoms. The molecule has 0 fully saturated rings. The van der Waals surface area contributed by atoms with Crippen molar-refractivity contribution < 1.29 is 18.0 Å². The summed E-state index contributed by atoms with van der Waals surface area (Å²) in [6.45, 7) is 1.62. The predicted octanol–water partition coefficient (Wildman–Crippen LogP) is 2.30. The number of guanidine groups is 1. The lowest BCUT2D eigenvalue weighted by atomic mass is 10.1. The van der Waals surface area contributed by atoms with Crippen molar-refractivity contribution in [2.24, 2.45) is 4.99 Å². The SMILES string of the molecule is CCc1cccc(NC(=O)CNC(=NC)NCCC(F)(F)F)c1. The number of anilines is 1. The number of nitrogens with zero attached hydrogens (tertiary/aromatic N) is 1. The van der Waals surface area contributed by atoms with Gasteiger partial charge in [0.1, 0.15) is 0 Å². The molecule has 23 heavy (non-hydrogen) atoms. The van der Waals surface area contributed by atoms with Crippen LogP contribution in [-0.2, 0) is 11.2 Å². The standard InChI is InChI=1S/C15H21F3N4O/c1-3-11-5-4-6-12(9-11)22-13(23)10-21-14(19-2)20-8-7-15(16,17)18/h4-6,9H,3,7-8,10H2,1-2H3,(H,22,23)(H2,19,20,21). The summed E-state index contributed by atoms with van der Waals surface area (Å²) in [4.78, 5) is 15.6. The lowest BCUT2D eigenvalue weighted by Crippen LogP contribution is -2.42. The van der Waals surface area contributed by atoms with Gasteiger partial charge in [-0.1, -0.05) is 19.1 Å². The molecule has 0 atom stereocenters. The van der Waals surface area contributed by atoms with E-state index < -0.39 is 12.6 Å². The van der Waals surface area contributed by atoms with Crippen LogP contribution in [0.2, 0.25) is 0 Å². The molecule has 0 aromatic heterocycles. The van der Waals surface area contributed by atoms with Gasteiger partial charge >= 0.3 is 6.18 Å². The van der Waals surface area contributed by atoms with Gasteiger partial charge in [0, 0.05) is 19.3 Å². The smallest absolute Gasteiger partial charge is 0.356 e. The molecule has 0 aliphatic rings. The molecule has 0 aliphatic carbocycles. The van der Waals surface area contributed by atoms with Crippen molar-refractivity contribution in [1.29, 1.82) is 0 Å². The molecule has 1 aromatic rings. The molecule has 1 rings (SSSR count). The van der Waals surface area contributed by atoms with E-state index in [9.17, 15) is 18.0 Å². The molecular weight excluding hydrogens is 309 g/mol. The molecule has 0 spiro atoms. The number of benzene rings is 1. The van der Waals surface area contributed by atoms with Crippen molar-refractivity contribution in [1.82, 2.24) is 10.6 Å². The third-order valence-electron chi connectivity index (χ3n) is 2.96. The normalized spacial score (nSPS) is 12.0. The molecule has 0 heterocycles. The summed E-state index contributed by atoms with van der Waals surface area (Å²) < 4.78 is 36.2. The molecule has 5 nitrogen and oxygen atoms in total. The minimum Gasteiger partial charge on any atom is -0.356 e. The van der Waals surface area contributed by atoms with Crippen LogP contribution in [0, 0.1) is 0 Å². The molecular formula is C15H21F3N4O. The van der Waals surface area contributed by atoms with Crippen LogP contribution in [-0.4, -0.2) is 38.2 Å². The number of aliphatic imine (C=N–C) groups is 1. The zero-order valence-electron chi connectivity index (χ0n) is 13.1. The predicted molar refractivity (Wildman–Crippen MR) is 84.5 cm³/mol. The fraction of sp³-hybridized carbons (Fsp3) is 0.467. The average molecular weight is 330 g/mol. The maximum atomic E-state index is 12.1. The van der Waals surface area contributed by atoms with Crippen molar-refractivity contribution in [3.05, 3.63) is 29.8 Å². The van der Waals surface area contributed by atoms with E-state index in [2.05, 4.69) is 20.9 Å². The molecule has 1 aromatic carbocycles. The summed E-state index contributed by atoms with van der Waals surface area (Å²) in [7, 11) is 1.42. The minimum absolute atomic E-state index is 0.0952. The molecule has 0 saturated heterocycles. The number of alkyl halides is 3. The Bertz CT molecular complexity index is 544. The summed E-state index contributed by atoms with van der Waals surface area (Å²) in [6.07, 6.45) is -4.34. The van der Waals surface area contributed by atoms with Crippen LogP contribution in [0.3, 0.4) is 0 Å². The highest BCUT2D eigenvalue weighted by Crippen LogP contribution is 2.18. The zero-order valence-corrected chi connectivity index (χ0v) is 13.1. The van der Waals surface area contributed by atoms with Gasteiger partial charge in [-0.25, -0.2) is 0 Å². The quantitative estimate of drug-likeness (QED) is 0.554. The van der Waals surface area contributed by atoms with Crippen molar-refractivity contribution in [3.63, 3.8) is 0 Å². The maximum Gasteiger partial charge on any atom is 0.390 e. The molecule has 3 N–H and O–H groups in total. The van der Waals surface area contributed by atoms with E-state index in [1.165, 1.54) is 7.05 Å². The number of carbonyl (C=O) groups is 1. The van der Waals surface area contributed by atoms with Gasteiger partial charge in [-0.05, 0) is 24.1 Å². The van der Waals surface area contributed by atoms with Gasteiger partial charge < -0.3 is 16.0 Å². The number of hydrogen-bond acceptors (Lipinski definition) is 2. The summed E-state index contributed by atoms with van der Waals surface area (Å²) in [5.41, 5.74) is 1.77. The van der Waals surface area contributed by atoms with Crippen molar-refractivity contribution in [3.8, 4) is 0 Å². The third kappa shape index (κ3) is 8.08. The Morgan fingerprint density at radius 1 is 1.26 bits per heavy atom. The van der Waals surface area contributed by atoms with Crippen molar-refractivity contribution in [2.45, 2.75) is 25.9 Å². The van der Waals surface area contributed by atoms with Crippen molar-refractivity contribution >= 4 is 17.6 Å². The van der Waals surface area contributed by atoms with Gasteiger partial charge in [-0.15, -0.1) is 0 Å². The topological polar surface area (TPSA) is 65.5 Å². The fourth-order valence-corrected chi connectivity index (χ4v) is 1.78. The Hall–Kier alpha value is -2.25. The Labute approximate surface area is 133 Å². The monoisotopic (exact) mass is 330 g/mol. The molecule has 0 aliphatic heterocycles. The second kappa shape index (κ2) is 9.02. The van der Waals surface area contributed by atoms with E-state index in [1.807, 2.05) is 25.1 Å². The summed E-state index contributed by atoms with van der Waals surface area (Å²) in [5, 5.41) is 7.88. The number of nitrogens with one attached hydrogen (secondary N) is 3. The zero-order chi connectivity index (χ0) is 17.3. The molecule has 0 saturated carbocycles. The van der Waals surface area contributed by atoms with Gasteiger partial charge in [0.25, 0.3) is 0 Å². The van der Waals surface area contributed by atoms with Crippen LogP contribution in [0.5, 0.6) is 0 Å². The van der Waals surface area contributed by atoms with Gasteiger partial charge in [-0.2, -0.15) is 13.2 Å². The number of aryl methyl sites for hydroxylation is 1.